The Bertz CT molecular complexity index is 1260. The second-order valence-electron chi connectivity index (χ2n) is 10.5. The smallest absolute Gasteiger partial charge is 0.229 e. The molecule has 1 aromatic heterocycles. The zero-order valence-electron chi connectivity index (χ0n) is 21.8. The Morgan fingerprint density at radius 2 is 1.82 bits per heavy atom. The van der Waals surface area contributed by atoms with Crippen molar-refractivity contribution in [3.05, 3.63) is 58.7 Å². The van der Waals surface area contributed by atoms with E-state index in [1.807, 2.05) is 30.3 Å². The number of aromatic nitrogens is 2. The second kappa shape index (κ2) is 11.9. The summed E-state index contributed by atoms with van der Waals surface area (Å²) in [4.78, 5) is 11.4. The molecule has 1 saturated carbocycles. The van der Waals surface area contributed by atoms with Crippen LogP contribution >= 0.6 is 31.1 Å². The van der Waals surface area contributed by atoms with Crippen molar-refractivity contribution in [1.29, 1.82) is 0 Å². The predicted octanol–water partition coefficient (Wildman–Crippen LogP) is 5.97. The van der Waals surface area contributed by atoms with Gasteiger partial charge < -0.3 is 26.0 Å². The Morgan fingerprint density at radius 1 is 1.05 bits per heavy atom. The van der Waals surface area contributed by atoms with Crippen molar-refractivity contribution in [3.63, 3.8) is 0 Å². The molecule has 1 aliphatic heterocycles. The molecule has 3 aromatic rings. The number of aliphatic hydroxyl groups is 1. The first-order chi connectivity index (χ1) is 18.4. The van der Waals surface area contributed by atoms with Crippen LogP contribution in [-0.4, -0.2) is 60.7 Å². The highest BCUT2D eigenvalue weighted by Crippen LogP contribution is 2.50. The maximum absolute atomic E-state index is 9.03. The number of benzene rings is 2. The molecule has 0 unspecified atom stereocenters. The van der Waals surface area contributed by atoms with Gasteiger partial charge in [0.25, 0.3) is 0 Å². The molecule has 1 saturated heterocycles. The zero-order chi connectivity index (χ0) is 26.7. The van der Waals surface area contributed by atoms with Crippen LogP contribution in [0.1, 0.15) is 25.7 Å². The van der Waals surface area contributed by atoms with Crippen LogP contribution in [0.3, 0.4) is 0 Å². The highest BCUT2D eigenvalue weighted by atomic mass is 35.5. The number of aliphatic hydroxyl groups excluding tert-OH is 1. The molecule has 0 radical (unpaired) electrons. The van der Waals surface area contributed by atoms with Crippen LogP contribution in [0.25, 0.3) is 0 Å². The van der Waals surface area contributed by atoms with Gasteiger partial charge in [0.1, 0.15) is 5.02 Å². The molecule has 10 heteroatoms. The minimum absolute atomic E-state index is 0.205. The molecule has 202 valence electrons. The van der Waals surface area contributed by atoms with E-state index in [1.54, 1.807) is 6.20 Å². The van der Waals surface area contributed by atoms with Crippen molar-refractivity contribution >= 4 is 65.3 Å². The zero-order valence-corrected chi connectivity index (χ0v) is 24.3. The Morgan fingerprint density at radius 3 is 2.53 bits per heavy atom. The Labute approximate surface area is 236 Å². The van der Waals surface area contributed by atoms with Crippen molar-refractivity contribution in [2.24, 2.45) is 5.41 Å². The largest absolute Gasteiger partial charge is 0.395 e. The molecule has 4 N–H and O–H groups in total. The van der Waals surface area contributed by atoms with E-state index in [4.69, 9.17) is 28.3 Å². The Kier molecular flexibility index (Phi) is 8.61. The summed E-state index contributed by atoms with van der Waals surface area (Å²) >= 11 is 13.2. The fourth-order valence-corrected chi connectivity index (χ4v) is 7.05. The van der Waals surface area contributed by atoms with E-state index in [1.165, 1.54) is 31.0 Å². The van der Waals surface area contributed by atoms with E-state index in [-0.39, 0.29) is 14.5 Å². The maximum atomic E-state index is 9.03. The lowest BCUT2D eigenvalue weighted by Crippen LogP contribution is -2.54. The molecule has 2 heterocycles. The van der Waals surface area contributed by atoms with Crippen molar-refractivity contribution in [1.82, 2.24) is 15.3 Å². The summed E-state index contributed by atoms with van der Waals surface area (Å²) < 4.78 is 0. The van der Waals surface area contributed by atoms with Crippen LogP contribution in [0.4, 0.5) is 28.8 Å². The topological polar surface area (TPSA) is 85.3 Å². The lowest BCUT2D eigenvalue weighted by molar-refractivity contribution is 0.0507. The number of nitrogens with zero attached hydrogens (tertiary/aromatic N) is 3. The van der Waals surface area contributed by atoms with E-state index in [0.717, 1.165) is 30.2 Å². The summed E-state index contributed by atoms with van der Waals surface area (Å²) in [6.45, 7) is 7.36. The third-order valence-electron chi connectivity index (χ3n) is 7.66. The van der Waals surface area contributed by atoms with Crippen molar-refractivity contribution in [2.75, 3.05) is 55.1 Å². The summed E-state index contributed by atoms with van der Waals surface area (Å²) in [5, 5.41) is 21.5. The number of hydrogen-bond donors (Lipinski definition) is 4. The maximum Gasteiger partial charge on any atom is 0.229 e. The minimum atomic E-state index is -0.284. The van der Waals surface area contributed by atoms with Crippen molar-refractivity contribution in [3.8, 4) is 0 Å². The second-order valence-corrected chi connectivity index (χ2v) is 13.6. The highest BCUT2D eigenvalue weighted by molar-refractivity contribution is 7.64. The van der Waals surface area contributed by atoms with Gasteiger partial charge in [0.05, 0.1) is 23.5 Å². The first kappa shape index (κ1) is 27.4. The fraction of sp³-hybridized carbons (Fsp3) is 0.429. The molecule has 38 heavy (non-hydrogen) atoms. The first-order valence-corrected chi connectivity index (χ1v) is 16.1. The molecule has 2 fully saturated rings. The molecular weight excluding hydrogens is 538 g/mol. The molecule has 7 nitrogen and oxygen atoms in total. The Hall–Kier alpha value is -2.15. The molecular formula is C28H35Cl2N6OP. The molecule has 0 atom stereocenters. The van der Waals surface area contributed by atoms with Gasteiger partial charge in [-0.1, -0.05) is 49.3 Å². The highest BCUT2D eigenvalue weighted by Gasteiger charge is 2.45. The molecule has 0 bridgehead atoms. The molecule has 1 spiro atoms. The van der Waals surface area contributed by atoms with Crippen LogP contribution in [0.2, 0.25) is 10.0 Å². The van der Waals surface area contributed by atoms with Gasteiger partial charge in [-0.15, -0.1) is 0 Å². The lowest BCUT2D eigenvalue weighted by atomic mass is 9.60. The monoisotopic (exact) mass is 572 g/mol. The van der Waals surface area contributed by atoms with Gasteiger partial charge in [0.2, 0.25) is 5.95 Å². The first-order valence-electron chi connectivity index (χ1n) is 13.1. The normalized spacial score (nSPS) is 17.1. The van der Waals surface area contributed by atoms with E-state index < -0.39 is 0 Å². The number of hydrogen-bond acceptors (Lipinski definition) is 7. The summed E-state index contributed by atoms with van der Waals surface area (Å²) in [5.41, 5.74) is 3.34. The average Bonchev–Trinajstić information content (AvgIpc) is 2.89. The molecule has 1 aliphatic carbocycles. The summed E-state index contributed by atoms with van der Waals surface area (Å²) in [5.74, 6) is 1.01. The van der Waals surface area contributed by atoms with E-state index in [9.17, 15) is 0 Å². The summed E-state index contributed by atoms with van der Waals surface area (Å²) in [7, 11) is -0.284. The number of halogens is 2. The third kappa shape index (κ3) is 6.19. The number of rotatable bonds is 9. The van der Waals surface area contributed by atoms with Gasteiger partial charge in [-0.25, -0.2) is 4.98 Å². The molecule has 2 aliphatic rings. The molecule has 0 amide bonds. The number of para-hydroxylation sites is 1. The van der Waals surface area contributed by atoms with Crippen LogP contribution < -0.4 is 26.2 Å². The Balaban J connectivity index is 1.22. The van der Waals surface area contributed by atoms with Gasteiger partial charge in [-0.2, -0.15) is 4.98 Å². The van der Waals surface area contributed by atoms with E-state index >= 15 is 0 Å². The van der Waals surface area contributed by atoms with Crippen molar-refractivity contribution in [2.45, 2.75) is 31.7 Å². The molecule has 5 rings (SSSR count). The summed E-state index contributed by atoms with van der Waals surface area (Å²) in [6.07, 6.45) is 6.37. The van der Waals surface area contributed by atoms with Gasteiger partial charge in [0.15, 0.2) is 5.82 Å². The minimum Gasteiger partial charge on any atom is -0.395 e. The SMILES string of the molecule is CP(C)c1ccccc1Nc1nc(Nc2ccc(N3CCC4(CC3)CC(NCCO)C4)c(Cl)c2)ncc1Cl. The number of nitrogens with one attached hydrogen (secondary N) is 3. The quantitative estimate of drug-likeness (QED) is 0.235. The molecule has 2 aromatic carbocycles. The van der Waals surface area contributed by atoms with Crippen LogP contribution in [0.5, 0.6) is 0 Å². The van der Waals surface area contributed by atoms with Gasteiger partial charge >= 0.3 is 0 Å². The van der Waals surface area contributed by atoms with Crippen LogP contribution in [-0.2, 0) is 0 Å². The van der Waals surface area contributed by atoms with Gasteiger partial charge in [0, 0.05) is 37.1 Å². The van der Waals surface area contributed by atoms with Crippen molar-refractivity contribution < 1.29 is 5.11 Å². The van der Waals surface area contributed by atoms with E-state index in [2.05, 4.69) is 56.3 Å². The van der Waals surface area contributed by atoms with Gasteiger partial charge in [-0.05, 0) is 74.0 Å². The summed E-state index contributed by atoms with van der Waals surface area (Å²) in [6, 6.07) is 14.8. The van der Waals surface area contributed by atoms with E-state index in [0.29, 0.717) is 39.8 Å². The standard InChI is InChI=1S/C28H35Cl2N6OP/c1-38(2)25-6-4-3-5-23(25)34-26-22(30)18-32-27(35-26)33-19-7-8-24(21(29)15-19)36-12-9-28(10-13-36)16-20(17-28)31-11-14-37/h3-8,15,18,20,31,37H,9-14,16-17H2,1-2H3,(H2,32,33,34,35). The average molecular weight is 574 g/mol. The van der Waals surface area contributed by atoms with Crippen LogP contribution in [0, 0.1) is 5.41 Å². The third-order valence-corrected chi connectivity index (χ3v) is 9.59. The van der Waals surface area contributed by atoms with Crippen LogP contribution in [0.15, 0.2) is 48.7 Å². The van der Waals surface area contributed by atoms with Gasteiger partial charge in [-0.3, -0.25) is 0 Å². The predicted molar refractivity (Wildman–Crippen MR) is 162 cm³/mol. The lowest BCUT2D eigenvalue weighted by Gasteiger charge is -2.53. The number of piperidine rings is 1. The fourth-order valence-electron chi connectivity index (χ4n) is 5.61. The number of anilines is 5.